The van der Waals surface area contributed by atoms with Gasteiger partial charge in [-0.2, -0.15) is 0 Å². The first-order valence-corrected chi connectivity index (χ1v) is 4.45. The third-order valence-electron chi connectivity index (χ3n) is 1.80. The Balaban J connectivity index is 2.78. The molecule has 3 nitrogen and oxygen atoms in total. The predicted molar refractivity (Wildman–Crippen MR) is 50.0 cm³/mol. The van der Waals surface area contributed by atoms with E-state index in [1.165, 1.54) is 19.2 Å². The molecule has 0 aliphatic rings. The van der Waals surface area contributed by atoms with E-state index in [-0.39, 0.29) is 12.4 Å². The van der Waals surface area contributed by atoms with Gasteiger partial charge in [0.25, 0.3) is 0 Å². The van der Waals surface area contributed by atoms with E-state index >= 15 is 0 Å². The van der Waals surface area contributed by atoms with Crippen LogP contribution in [0.5, 0.6) is 5.75 Å². The Bertz CT molecular complexity index is 338. The molecule has 1 unspecified atom stereocenters. The lowest BCUT2D eigenvalue weighted by atomic mass is 10.1. The van der Waals surface area contributed by atoms with E-state index in [1.54, 1.807) is 0 Å². The number of benzene rings is 1. The van der Waals surface area contributed by atoms with Crippen molar-refractivity contribution in [1.82, 2.24) is 0 Å². The van der Waals surface area contributed by atoms with Crippen molar-refractivity contribution in [3.63, 3.8) is 0 Å². The monoisotopic (exact) mass is 236 g/mol. The zero-order valence-corrected chi connectivity index (χ0v) is 8.49. The molecule has 1 N–H and O–H groups in total. The van der Waals surface area contributed by atoms with Gasteiger partial charge in [-0.15, -0.1) is 13.2 Å². The zero-order chi connectivity index (χ0) is 12.2. The fourth-order valence-electron chi connectivity index (χ4n) is 1.17. The van der Waals surface area contributed by atoms with E-state index in [9.17, 15) is 18.3 Å². The Hall–Kier alpha value is -1.27. The van der Waals surface area contributed by atoms with Crippen molar-refractivity contribution in [3.05, 3.63) is 29.8 Å². The standard InChI is InChI=1S/C10H11F3O3/c1-15-6-9(14)7-3-2-4-8(5-7)16-10(11,12)13/h2-5,9,14H,6H2,1H3. The van der Waals surface area contributed by atoms with E-state index in [0.29, 0.717) is 5.56 Å². The summed E-state index contributed by atoms with van der Waals surface area (Å²) in [6.45, 7) is 0.00940. The highest BCUT2D eigenvalue weighted by atomic mass is 19.4. The van der Waals surface area contributed by atoms with Gasteiger partial charge < -0.3 is 14.6 Å². The third-order valence-corrected chi connectivity index (χ3v) is 1.80. The summed E-state index contributed by atoms with van der Waals surface area (Å²) in [4.78, 5) is 0. The van der Waals surface area contributed by atoms with Gasteiger partial charge >= 0.3 is 6.36 Å². The minimum Gasteiger partial charge on any atom is -0.406 e. The van der Waals surface area contributed by atoms with E-state index in [2.05, 4.69) is 9.47 Å². The molecule has 0 amide bonds. The van der Waals surface area contributed by atoms with Gasteiger partial charge in [0.05, 0.1) is 6.61 Å². The van der Waals surface area contributed by atoms with Gasteiger partial charge in [0.2, 0.25) is 0 Å². The fourth-order valence-corrected chi connectivity index (χ4v) is 1.17. The molecule has 6 heteroatoms. The van der Waals surface area contributed by atoms with E-state index in [1.807, 2.05) is 0 Å². The summed E-state index contributed by atoms with van der Waals surface area (Å²) < 4.78 is 44.1. The number of aliphatic hydroxyl groups excluding tert-OH is 1. The molecular weight excluding hydrogens is 225 g/mol. The molecule has 1 rings (SSSR count). The van der Waals surface area contributed by atoms with Crippen LogP contribution in [-0.2, 0) is 4.74 Å². The lowest BCUT2D eigenvalue weighted by Crippen LogP contribution is -2.17. The van der Waals surface area contributed by atoms with Crippen LogP contribution in [0.15, 0.2) is 24.3 Å². The summed E-state index contributed by atoms with van der Waals surface area (Å²) in [5.41, 5.74) is 0.309. The van der Waals surface area contributed by atoms with E-state index < -0.39 is 12.5 Å². The molecule has 0 saturated carbocycles. The second-order valence-corrected chi connectivity index (χ2v) is 3.09. The van der Waals surface area contributed by atoms with E-state index in [4.69, 9.17) is 0 Å². The van der Waals surface area contributed by atoms with Crippen LogP contribution in [0.3, 0.4) is 0 Å². The number of rotatable bonds is 4. The maximum absolute atomic E-state index is 11.9. The van der Waals surface area contributed by atoms with Crippen LogP contribution in [-0.4, -0.2) is 25.2 Å². The molecule has 0 heterocycles. The smallest absolute Gasteiger partial charge is 0.406 e. The first kappa shape index (κ1) is 12.8. The number of hydrogen-bond acceptors (Lipinski definition) is 3. The summed E-state index contributed by atoms with van der Waals surface area (Å²) in [5.74, 6) is -0.361. The molecule has 1 aromatic carbocycles. The van der Waals surface area contributed by atoms with Crippen LogP contribution in [0.4, 0.5) is 13.2 Å². The average molecular weight is 236 g/mol. The Labute approximate surface area is 90.4 Å². The highest BCUT2D eigenvalue weighted by Gasteiger charge is 2.31. The maximum Gasteiger partial charge on any atom is 0.573 e. The summed E-state index contributed by atoms with van der Waals surface area (Å²) >= 11 is 0. The lowest BCUT2D eigenvalue weighted by Gasteiger charge is -2.13. The lowest BCUT2D eigenvalue weighted by molar-refractivity contribution is -0.274. The van der Waals surface area contributed by atoms with Crippen LogP contribution in [0.25, 0.3) is 0 Å². The van der Waals surface area contributed by atoms with Crippen LogP contribution < -0.4 is 4.74 Å². The number of halogens is 3. The van der Waals surface area contributed by atoms with Crippen LogP contribution >= 0.6 is 0 Å². The van der Waals surface area contributed by atoms with Gasteiger partial charge in [0.1, 0.15) is 11.9 Å². The third kappa shape index (κ3) is 4.08. The zero-order valence-electron chi connectivity index (χ0n) is 8.49. The SMILES string of the molecule is COCC(O)c1cccc(OC(F)(F)F)c1. The number of hydrogen-bond donors (Lipinski definition) is 1. The summed E-state index contributed by atoms with van der Waals surface area (Å²) in [5, 5.41) is 9.48. The van der Waals surface area contributed by atoms with Gasteiger partial charge in [0.15, 0.2) is 0 Å². The molecule has 0 bridgehead atoms. The van der Waals surface area contributed by atoms with Crippen LogP contribution in [0.2, 0.25) is 0 Å². The number of ether oxygens (including phenoxy) is 2. The van der Waals surface area contributed by atoms with Crippen molar-refractivity contribution in [1.29, 1.82) is 0 Å². The molecular formula is C10H11F3O3. The second-order valence-electron chi connectivity index (χ2n) is 3.09. The van der Waals surface area contributed by atoms with Gasteiger partial charge in [-0.25, -0.2) is 0 Å². The normalized spacial score (nSPS) is 13.6. The number of aliphatic hydroxyl groups is 1. The van der Waals surface area contributed by atoms with Gasteiger partial charge in [-0.3, -0.25) is 0 Å². The molecule has 16 heavy (non-hydrogen) atoms. The molecule has 90 valence electrons. The summed E-state index contributed by atoms with van der Waals surface area (Å²) in [6, 6.07) is 5.15. The molecule has 0 saturated heterocycles. The number of alkyl halides is 3. The van der Waals surface area contributed by atoms with Crippen LogP contribution in [0.1, 0.15) is 11.7 Å². The maximum atomic E-state index is 11.9. The predicted octanol–water partition coefficient (Wildman–Crippen LogP) is 2.27. The Morgan fingerprint density at radius 1 is 1.38 bits per heavy atom. The first-order valence-electron chi connectivity index (χ1n) is 4.45. The van der Waals surface area contributed by atoms with Crippen LogP contribution in [0, 0.1) is 0 Å². The van der Waals surface area contributed by atoms with Crippen molar-refractivity contribution < 1.29 is 27.8 Å². The molecule has 0 aliphatic heterocycles. The molecule has 0 aromatic heterocycles. The fraction of sp³-hybridized carbons (Fsp3) is 0.400. The van der Waals surface area contributed by atoms with Crippen molar-refractivity contribution in [2.45, 2.75) is 12.5 Å². The quantitative estimate of drug-likeness (QED) is 0.871. The minimum atomic E-state index is -4.73. The van der Waals surface area contributed by atoms with Crippen molar-refractivity contribution in [3.8, 4) is 5.75 Å². The number of methoxy groups -OCH3 is 1. The molecule has 0 fully saturated rings. The van der Waals surface area contributed by atoms with E-state index in [0.717, 1.165) is 12.1 Å². The molecule has 0 spiro atoms. The topological polar surface area (TPSA) is 38.7 Å². The highest BCUT2D eigenvalue weighted by Crippen LogP contribution is 2.25. The largest absolute Gasteiger partial charge is 0.573 e. The van der Waals surface area contributed by atoms with Crippen molar-refractivity contribution in [2.24, 2.45) is 0 Å². The Kier molecular flexibility index (Phi) is 4.14. The Morgan fingerprint density at radius 2 is 2.06 bits per heavy atom. The Morgan fingerprint density at radius 3 is 2.62 bits per heavy atom. The van der Waals surface area contributed by atoms with Gasteiger partial charge in [0, 0.05) is 7.11 Å². The molecule has 1 aromatic rings. The summed E-state index contributed by atoms with van der Waals surface area (Å²) in [6.07, 6.45) is -5.70. The second kappa shape index (κ2) is 5.18. The van der Waals surface area contributed by atoms with Crippen molar-refractivity contribution in [2.75, 3.05) is 13.7 Å². The highest BCUT2D eigenvalue weighted by molar-refractivity contribution is 5.30. The minimum absolute atomic E-state index is 0.00940. The van der Waals surface area contributed by atoms with Crippen molar-refractivity contribution >= 4 is 0 Å². The van der Waals surface area contributed by atoms with Gasteiger partial charge in [-0.1, -0.05) is 12.1 Å². The summed E-state index contributed by atoms with van der Waals surface area (Å²) in [7, 11) is 1.39. The average Bonchev–Trinajstić information content (AvgIpc) is 2.16. The van der Waals surface area contributed by atoms with Gasteiger partial charge in [-0.05, 0) is 17.7 Å². The first-order chi connectivity index (χ1) is 7.42. The molecule has 1 atom stereocenters. The molecule has 0 radical (unpaired) electrons. The molecule has 0 aliphatic carbocycles.